The molecule has 0 bridgehead atoms. The Hall–Kier alpha value is -2.15. The molecule has 1 aliphatic carbocycles. The highest BCUT2D eigenvalue weighted by atomic mass is 32.1. The molecule has 1 aliphatic rings. The molecule has 140 valence electrons. The van der Waals surface area contributed by atoms with Gasteiger partial charge >= 0.3 is 0 Å². The van der Waals surface area contributed by atoms with Gasteiger partial charge in [-0.1, -0.05) is 6.07 Å². The molecule has 0 spiro atoms. The van der Waals surface area contributed by atoms with Crippen LogP contribution in [-0.4, -0.2) is 24.6 Å². The van der Waals surface area contributed by atoms with E-state index >= 15 is 0 Å². The fraction of sp³-hybridized carbons (Fsp3) is 0.474. The van der Waals surface area contributed by atoms with E-state index < -0.39 is 0 Å². The van der Waals surface area contributed by atoms with Crippen molar-refractivity contribution in [3.8, 4) is 5.75 Å². The minimum Gasteiger partial charge on any atom is -0.490 e. The van der Waals surface area contributed by atoms with Crippen molar-refractivity contribution >= 4 is 17.3 Å². The summed E-state index contributed by atoms with van der Waals surface area (Å²) in [5.41, 5.74) is 0.845. The largest absolute Gasteiger partial charge is 0.490 e. The summed E-state index contributed by atoms with van der Waals surface area (Å²) < 4.78 is 19.8. The van der Waals surface area contributed by atoms with Gasteiger partial charge in [0.15, 0.2) is 17.5 Å². The van der Waals surface area contributed by atoms with Crippen molar-refractivity contribution in [2.24, 2.45) is 10.9 Å². The standard InChI is InChI=1S/C19H25FN4OS/c1-12(24-19(21-3)23-10-16-9-22-13(2)26-16)15-6-7-18(17(20)8-15)25-11-14-4-5-14/h6-9,12,14H,4-5,10-11H2,1-3H3,(H2,21,23,24). The number of ether oxygens (including phenoxy) is 1. The molecule has 2 aromatic rings. The number of benzene rings is 1. The van der Waals surface area contributed by atoms with Gasteiger partial charge in [-0.25, -0.2) is 9.37 Å². The zero-order valence-corrected chi connectivity index (χ0v) is 16.2. The number of rotatable bonds is 7. The fourth-order valence-corrected chi connectivity index (χ4v) is 3.27. The summed E-state index contributed by atoms with van der Waals surface area (Å²) in [6.07, 6.45) is 4.24. The summed E-state index contributed by atoms with van der Waals surface area (Å²) in [5, 5.41) is 7.58. The fourth-order valence-electron chi connectivity index (χ4n) is 2.54. The van der Waals surface area contributed by atoms with Gasteiger partial charge in [0.05, 0.1) is 24.2 Å². The molecule has 0 amide bonds. The van der Waals surface area contributed by atoms with E-state index in [2.05, 4.69) is 20.6 Å². The maximum Gasteiger partial charge on any atom is 0.191 e. The van der Waals surface area contributed by atoms with Crippen molar-refractivity contribution in [3.05, 3.63) is 45.7 Å². The number of aliphatic imine (C=N–C) groups is 1. The second-order valence-electron chi connectivity index (χ2n) is 6.58. The Morgan fingerprint density at radius 3 is 2.88 bits per heavy atom. The Kier molecular flexibility index (Phi) is 6.08. The molecule has 2 N–H and O–H groups in total. The zero-order valence-electron chi connectivity index (χ0n) is 15.4. The number of hydrogen-bond acceptors (Lipinski definition) is 4. The van der Waals surface area contributed by atoms with Crippen molar-refractivity contribution in [2.75, 3.05) is 13.7 Å². The van der Waals surface area contributed by atoms with Crippen LogP contribution in [0.15, 0.2) is 29.4 Å². The third kappa shape index (κ3) is 5.17. The highest BCUT2D eigenvalue weighted by Gasteiger charge is 2.22. The molecule has 26 heavy (non-hydrogen) atoms. The number of halogens is 1. The first-order valence-corrected chi connectivity index (χ1v) is 9.67. The number of thiazole rings is 1. The Morgan fingerprint density at radius 2 is 2.27 bits per heavy atom. The normalized spacial score (nSPS) is 15.6. The number of aromatic nitrogens is 1. The van der Waals surface area contributed by atoms with Crippen LogP contribution in [0.1, 0.15) is 41.3 Å². The summed E-state index contributed by atoms with van der Waals surface area (Å²) in [7, 11) is 1.72. The van der Waals surface area contributed by atoms with Gasteiger partial charge in [0, 0.05) is 18.1 Å². The highest BCUT2D eigenvalue weighted by Crippen LogP contribution is 2.30. The van der Waals surface area contributed by atoms with E-state index in [0.717, 1.165) is 15.4 Å². The molecule has 1 saturated carbocycles. The smallest absolute Gasteiger partial charge is 0.191 e. The summed E-state index contributed by atoms with van der Waals surface area (Å²) in [6.45, 7) is 5.22. The van der Waals surface area contributed by atoms with Crippen LogP contribution < -0.4 is 15.4 Å². The van der Waals surface area contributed by atoms with E-state index in [1.807, 2.05) is 26.1 Å². The summed E-state index contributed by atoms with van der Waals surface area (Å²) in [4.78, 5) is 9.61. The van der Waals surface area contributed by atoms with Crippen LogP contribution in [0.25, 0.3) is 0 Å². The maximum absolute atomic E-state index is 14.3. The van der Waals surface area contributed by atoms with Gasteiger partial charge in [-0.2, -0.15) is 0 Å². The average Bonchev–Trinajstić information content (AvgIpc) is 3.37. The lowest BCUT2D eigenvalue weighted by Gasteiger charge is -2.18. The summed E-state index contributed by atoms with van der Waals surface area (Å²) in [6, 6.07) is 5.04. The topological polar surface area (TPSA) is 58.5 Å². The minimum absolute atomic E-state index is 0.0867. The lowest BCUT2D eigenvalue weighted by atomic mass is 10.1. The van der Waals surface area contributed by atoms with E-state index in [1.165, 1.54) is 18.9 Å². The summed E-state index contributed by atoms with van der Waals surface area (Å²) in [5.74, 6) is 1.28. The minimum atomic E-state index is -0.320. The number of nitrogens with zero attached hydrogens (tertiary/aromatic N) is 2. The lowest BCUT2D eigenvalue weighted by Crippen LogP contribution is -2.38. The third-order valence-corrected chi connectivity index (χ3v) is 5.22. The zero-order chi connectivity index (χ0) is 18.5. The second kappa shape index (κ2) is 8.49. The Morgan fingerprint density at radius 1 is 1.46 bits per heavy atom. The van der Waals surface area contributed by atoms with Crippen LogP contribution in [0.5, 0.6) is 5.75 Å². The predicted octanol–water partition coefficient (Wildman–Crippen LogP) is 3.81. The monoisotopic (exact) mass is 376 g/mol. The Balaban J connectivity index is 1.54. The molecule has 1 heterocycles. The molecule has 1 fully saturated rings. The van der Waals surface area contributed by atoms with Crippen LogP contribution >= 0.6 is 11.3 Å². The number of nitrogens with one attached hydrogen (secondary N) is 2. The number of guanidine groups is 1. The maximum atomic E-state index is 14.3. The number of hydrogen-bond donors (Lipinski definition) is 2. The van der Waals surface area contributed by atoms with E-state index in [-0.39, 0.29) is 11.9 Å². The molecule has 0 radical (unpaired) electrons. The van der Waals surface area contributed by atoms with Gasteiger partial charge < -0.3 is 15.4 Å². The van der Waals surface area contributed by atoms with Gasteiger partial charge in [-0.05, 0) is 50.3 Å². The number of aryl methyl sites for hydroxylation is 1. The van der Waals surface area contributed by atoms with Gasteiger partial charge in [-0.3, -0.25) is 4.99 Å². The average molecular weight is 377 g/mol. The molecular formula is C19H25FN4OS. The SMILES string of the molecule is CN=C(NCc1cnc(C)s1)NC(C)c1ccc(OCC2CC2)c(F)c1. The predicted molar refractivity (Wildman–Crippen MR) is 103 cm³/mol. The molecule has 1 aromatic carbocycles. The van der Waals surface area contributed by atoms with Crippen molar-refractivity contribution in [2.45, 2.75) is 39.3 Å². The Labute approximate surface area is 157 Å². The molecule has 1 unspecified atom stereocenters. The third-order valence-electron chi connectivity index (χ3n) is 4.30. The molecule has 0 saturated heterocycles. The molecule has 1 atom stereocenters. The van der Waals surface area contributed by atoms with Crippen molar-refractivity contribution in [1.82, 2.24) is 15.6 Å². The first-order valence-electron chi connectivity index (χ1n) is 8.86. The molecular weight excluding hydrogens is 351 g/mol. The van der Waals surface area contributed by atoms with Gasteiger partial charge in [0.1, 0.15) is 0 Å². The quantitative estimate of drug-likeness (QED) is 0.570. The van der Waals surface area contributed by atoms with Crippen molar-refractivity contribution in [3.63, 3.8) is 0 Å². The van der Waals surface area contributed by atoms with Crippen molar-refractivity contribution < 1.29 is 9.13 Å². The highest BCUT2D eigenvalue weighted by molar-refractivity contribution is 7.11. The van der Waals surface area contributed by atoms with Crippen molar-refractivity contribution in [1.29, 1.82) is 0 Å². The van der Waals surface area contributed by atoms with Crippen LogP contribution in [0, 0.1) is 18.7 Å². The van der Waals surface area contributed by atoms with E-state index in [4.69, 9.17) is 4.74 Å². The second-order valence-corrected chi connectivity index (χ2v) is 7.90. The van der Waals surface area contributed by atoms with E-state index in [0.29, 0.717) is 30.8 Å². The van der Waals surface area contributed by atoms with Gasteiger partial charge in [0.25, 0.3) is 0 Å². The molecule has 1 aromatic heterocycles. The molecule has 3 rings (SSSR count). The van der Waals surface area contributed by atoms with Gasteiger partial charge in [-0.15, -0.1) is 11.3 Å². The van der Waals surface area contributed by atoms with Crippen LogP contribution in [-0.2, 0) is 6.54 Å². The van der Waals surface area contributed by atoms with E-state index in [1.54, 1.807) is 24.5 Å². The van der Waals surface area contributed by atoms with Crippen LogP contribution in [0.4, 0.5) is 4.39 Å². The molecule has 0 aliphatic heterocycles. The summed E-state index contributed by atoms with van der Waals surface area (Å²) >= 11 is 1.65. The molecule has 5 nitrogen and oxygen atoms in total. The lowest BCUT2D eigenvalue weighted by molar-refractivity contribution is 0.285. The van der Waals surface area contributed by atoms with E-state index in [9.17, 15) is 4.39 Å². The van der Waals surface area contributed by atoms with Gasteiger partial charge in [0.2, 0.25) is 0 Å². The Bertz CT molecular complexity index is 773. The van der Waals surface area contributed by atoms with Crippen LogP contribution in [0.3, 0.4) is 0 Å². The van der Waals surface area contributed by atoms with Crippen LogP contribution in [0.2, 0.25) is 0 Å². The molecule has 7 heteroatoms. The first kappa shape index (κ1) is 18.6. The first-order chi connectivity index (χ1) is 12.5.